The molecular weight excluding hydrogens is 236 g/mol. The van der Waals surface area contributed by atoms with Crippen LogP contribution < -0.4 is 5.73 Å². The van der Waals surface area contributed by atoms with Crippen LogP contribution in [-0.2, 0) is 14.3 Å². The van der Waals surface area contributed by atoms with Crippen LogP contribution in [0.2, 0.25) is 0 Å². The fraction of sp³-hybridized carbons (Fsp3) is 0.833. The number of carboxylic acids is 1. The molecule has 0 saturated carbocycles. The van der Waals surface area contributed by atoms with Crippen LogP contribution in [0.5, 0.6) is 0 Å². The van der Waals surface area contributed by atoms with Crippen molar-refractivity contribution in [3.8, 4) is 0 Å². The predicted octanol–water partition coefficient (Wildman–Crippen LogP) is 0.0619. The van der Waals surface area contributed by atoms with Gasteiger partial charge in [-0.15, -0.1) is 0 Å². The number of ether oxygens (including phenoxy) is 1. The third-order valence-corrected chi connectivity index (χ3v) is 3.59. The SMILES string of the molecule is CCN(C(=O)C(C)(N)CC)C1COCC1C(=O)O. The lowest BCUT2D eigenvalue weighted by atomic mass is 9.95. The molecular formula is C12H22N2O4. The molecule has 1 rings (SSSR count). The quantitative estimate of drug-likeness (QED) is 0.727. The smallest absolute Gasteiger partial charge is 0.311 e. The largest absolute Gasteiger partial charge is 0.481 e. The third kappa shape index (κ3) is 2.81. The highest BCUT2D eigenvalue weighted by molar-refractivity contribution is 5.86. The van der Waals surface area contributed by atoms with Crippen molar-refractivity contribution < 1.29 is 19.4 Å². The number of likely N-dealkylation sites (N-methyl/N-ethyl adjacent to an activating group) is 1. The maximum absolute atomic E-state index is 12.3. The monoisotopic (exact) mass is 258 g/mol. The van der Waals surface area contributed by atoms with E-state index in [9.17, 15) is 9.59 Å². The number of amides is 1. The summed E-state index contributed by atoms with van der Waals surface area (Å²) in [4.78, 5) is 25.0. The molecule has 0 spiro atoms. The highest BCUT2D eigenvalue weighted by Crippen LogP contribution is 2.23. The maximum Gasteiger partial charge on any atom is 0.311 e. The van der Waals surface area contributed by atoms with Crippen molar-refractivity contribution in [1.82, 2.24) is 4.90 Å². The molecule has 1 heterocycles. The van der Waals surface area contributed by atoms with Gasteiger partial charge in [0.1, 0.15) is 5.92 Å². The number of nitrogens with two attached hydrogens (primary N) is 1. The van der Waals surface area contributed by atoms with Crippen LogP contribution >= 0.6 is 0 Å². The fourth-order valence-corrected chi connectivity index (χ4v) is 2.09. The number of carbonyl (C=O) groups is 2. The molecule has 0 aliphatic carbocycles. The highest BCUT2D eigenvalue weighted by atomic mass is 16.5. The van der Waals surface area contributed by atoms with Gasteiger partial charge in [0.15, 0.2) is 0 Å². The minimum Gasteiger partial charge on any atom is -0.481 e. The first kappa shape index (κ1) is 14.9. The number of nitrogens with zero attached hydrogens (tertiary/aromatic N) is 1. The lowest BCUT2D eigenvalue weighted by Crippen LogP contribution is -2.57. The van der Waals surface area contributed by atoms with Crippen molar-refractivity contribution in [2.45, 2.75) is 38.8 Å². The molecule has 3 atom stereocenters. The Morgan fingerprint density at radius 2 is 2.06 bits per heavy atom. The minimum atomic E-state index is -0.957. The normalized spacial score (nSPS) is 26.7. The molecule has 1 aliphatic rings. The summed E-state index contributed by atoms with van der Waals surface area (Å²) in [6, 6.07) is -0.422. The van der Waals surface area contributed by atoms with Crippen LogP contribution in [0.3, 0.4) is 0 Å². The summed E-state index contributed by atoms with van der Waals surface area (Å²) in [5.41, 5.74) is 4.99. The summed E-state index contributed by atoms with van der Waals surface area (Å²) in [6.45, 7) is 6.17. The Bertz CT molecular complexity index is 330. The molecule has 1 amide bonds. The third-order valence-electron chi connectivity index (χ3n) is 3.59. The van der Waals surface area contributed by atoms with Gasteiger partial charge in [-0.2, -0.15) is 0 Å². The molecule has 0 radical (unpaired) electrons. The van der Waals surface area contributed by atoms with Crippen molar-refractivity contribution >= 4 is 11.9 Å². The number of carboxylic acid groups (broad SMARTS) is 1. The van der Waals surface area contributed by atoms with Crippen molar-refractivity contribution in [2.24, 2.45) is 11.7 Å². The summed E-state index contributed by atoms with van der Waals surface area (Å²) in [6.07, 6.45) is 0.508. The average Bonchev–Trinajstić information content (AvgIpc) is 2.79. The molecule has 6 nitrogen and oxygen atoms in total. The standard InChI is InChI=1S/C12H22N2O4/c1-4-12(3,13)11(17)14(5-2)9-7-18-6-8(9)10(15)16/h8-9H,4-7,13H2,1-3H3,(H,15,16). The zero-order chi connectivity index (χ0) is 13.9. The van der Waals surface area contributed by atoms with Gasteiger partial charge in [0, 0.05) is 6.54 Å². The molecule has 0 bridgehead atoms. The molecule has 3 N–H and O–H groups in total. The summed E-state index contributed by atoms with van der Waals surface area (Å²) in [5, 5.41) is 9.12. The van der Waals surface area contributed by atoms with Gasteiger partial charge in [-0.25, -0.2) is 0 Å². The summed E-state index contributed by atoms with van der Waals surface area (Å²) >= 11 is 0. The van der Waals surface area contributed by atoms with Gasteiger partial charge in [0.25, 0.3) is 0 Å². The minimum absolute atomic E-state index is 0.150. The Morgan fingerprint density at radius 3 is 2.50 bits per heavy atom. The van der Waals surface area contributed by atoms with Crippen LogP contribution in [0.4, 0.5) is 0 Å². The molecule has 6 heteroatoms. The van der Waals surface area contributed by atoms with Crippen LogP contribution in [0.25, 0.3) is 0 Å². The van der Waals surface area contributed by atoms with Crippen LogP contribution in [0, 0.1) is 5.92 Å². The van der Waals surface area contributed by atoms with Crippen molar-refractivity contribution in [3.63, 3.8) is 0 Å². The van der Waals surface area contributed by atoms with E-state index in [4.69, 9.17) is 15.6 Å². The fourth-order valence-electron chi connectivity index (χ4n) is 2.09. The van der Waals surface area contributed by atoms with E-state index in [-0.39, 0.29) is 19.1 Å². The van der Waals surface area contributed by atoms with Gasteiger partial charge in [0.05, 0.1) is 24.8 Å². The lowest BCUT2D eigenvalue weighted by Gasteiger charge is -2.35. The second-order valence-electron chi connectivity index (χ2n) is 4.91. The molecule has 0 aromatic carbocycles. The first-order valence-corrected chi connectivity index (χ1v) is 6.25. The molecule has 0 aromatic rings. The Hall–Kier alpha value is -1.14. The topological polar surface area (TPSA) is 92.9 Å². The van der Waals surface area contributed by atoms with Gasteiger partial charge in [-0.1, -0.05) is 6.92 Å². The number of hydrogen-bond acceptors (Lipinski definition) is 4. The maximum atomic E-state index is 12.3. The highest BCUT2D eigenvalue weighted by Gasteiger charge is 2.42. The van der Waals surface area contributed by atoms with E-state index in [0.717, 1.165) is 0 Å². The number of rotatable bonds is 5. The van der Waals surface area contributed by atoms with Crippen molar-refractivity contribution in [2.75, 3.05) is 19.8 Å². The Labute approximate surface area is 107 Å². The molecule has 3 unspecified atom stereocenters. The van der Waals surface area contributed by atoms with Crippen LogP contribution in [0.15, 0.2) is 0 Å². The van der Waals surface area contributed by atoms with E-state index in [1.54, 1.807) is 6.92 Å². The van der Waals surface area contributed by atoms with Crippen molar-refractivity contribution in [1.29, 1.82) is 0 Å². The first-order valence-electron chi connectivity index (χ1n) is 6.25. The van der Waals surface area contributed by atoms with Gasteiger partial charge >= 0.3 is 5.97 Å². The molecule has 18 heavy (non-hydrogen) atoms. The van der Waals surface area contributed by atoms with Crippen LogP contribution in [0.1, 0.15) is 27.2 Å². The predicted molar refractivity (Wildman–Crippen MR) is 66.0 cm³/mol. The summed E-state index contributed by atoms with van der Waals surface area (Å²) in [5.74, 6) is -1.81. The van der Waals surface area contributed by atoms with E-state index in [2.05, 4.69) is 0 Å². The second kappa shape index (κ2) is 5.67. The molecule has 0 aromatic heterocycles. The zero-order valence-electron chi connectivity index (χ0n) is 11.2. The zero-order valence-corrected chi connectivity index (χ0v) is 11.2. The molecule has 104 valence electrons. The number of hydrogen-bond donors (Lipinski definition) is 2. The molecule has 1 fully saturated rings. The van der Waals surface area contributed by atoms with E-state index in [1.807, 2.05) is 13.8 Å². The summed E-state index contributed by atoms with van der Waals surface area (Å²) < 4.78 is 5.19. The van der Waals surface area contributed by atoms with E-state index < -0.39 is 23.5 Å². The van der Waals surface area contributed by atoms with Gasteiger partial charge in [-0.05, 0) is 20.3 Å². The Morgan fingerprint density at radius 1 is 1.44 bits per heavy atom. The number of aliphatic carboxylic acids is 1. The van der Waals surface area contributed by atoms with Crippen LogP contribution in [-0.4, -0.2) is 53.2 Å². The second-order valence-corrected chi connectivity index (χ2v) is 4.91. The van der Waals surface area contributed by atoms with Gasteiger partial charge in [0.2, 0.25) is 5.91 Å². The molecule has 1 saturated heterocycles. The van der Waals surface area contributed by atoms with Gasteiger partial charge < -0.3 is 20.5 Å². The average molecular weight is 258 g/mol. The van der Waals surface area contributed by atoms with Gasteiger partial charge in [-0.3, -0.25) is 9.59 Å². The number of carbonyl (C=O) groups excluding carboxylic acids is 1. The van der Waals surface area contributed by atoms with E-state index in [0.29, 0.717) is 13.0 Å². The van der Waals surface area contributed by atoms with E-state index in [1.165, 1.54) is 4.90 Å². The summed E-state index contributed by atoms with van der Waals surface area (Å²) in [7, 11) is 0. The first-order chi connectivity index (χ1) is 8.35. The Kier molecular flexibility index (Phi) is 4.70. The lowest BCUT2D eigenvalue weighted by molar-refractivity contribution is -0.146. The van der Waals surface area contributed by atoms with Crippen molar-refractivity contribution in [3.05, 3.63) is 0 Å². The van der Waals surface area contributed by atoms with E-state index >= 15 is 0 Å². The molecule has 1 aliphatic heterocycles. The Balaban J connectivity index is 2.89.